The molecule has 0 radical (unpaired) electrons. The number of amides is 1. The maximum atomic E-state index is 14.1. The average molecular weight is 348 g/mol. The predicted octanol–water partition coefficient (Wildman–Crippen LogP) is 3.14. The van der Waals surface area contributed by atoms with Gasteiger partial charge in [0.15, 0.2) is 11.6 Å². The van der Waals surface area contributed by atoms with Crippen molar-refractivity contribution in [1.82, 2.24) is 4.98 Å². The quantitative estimate of drug-likeness (QED) is 0.690. The van der Waals surface area contributed by atoms with E-state index in [0.717, 1.165) is 12.0 Å². The zero-order valence-corrected chi connectivity index (χ0v) is 14.4. The number of benzene rings is 1. The number of aliphatic hydroxyl groups is 1. The number of primary amides is 1. The molecule has 2 aromatic rings. The van der Waals surface area contributed by atoms with Crippen molar-refractivity contribution < 1.29 is 18.7 Å². The molecule has 1 amide bonds. The van der Waals surface area contributed by atoms with Crippen LogP contribution < -0.4 is 5.73 Å². The molecule has 0 spiro atoms. The molecular formula is C19H25FN2O3. The van der Waals surface area contributed by atoms with Gasteiger partial charge < -0.3 is 15.3 Å². The van der Waals surface area contributed by atoms with Crippen molar-refractivity contribution in [3.05, 3.63) is 54.2 Å². The highest BCUT2D eigenvalue weighted by Crippen LogP contribution is 2.30. The summed E-state index contributed by atoms with van der Waals surface area (Å²) in [6.45, 7) is 1.17. The number of carbonyl (C=O) groups is 1. The second kappa shape index (κ2) is 8.76. The molecule has 0 saturated heterocycles. The lowest BCUT2D eigenvalue weighted by molar-refractivity contribution is -0.128. The zero-order chi connectivity index (χ0) is 18.3. The molecule has 2 rings (SSSR count). The number of aromatic nitrogens is 1. The standard InChI is InChI=1S/C19H25FN2O3/c1-19(20,18(21)24)10-9-15(17-22-11-12-25-17)13-16(23)8-7-14-5-3-2-4-6-14/h2-6,11-12,15-16,23H,7-10,13H2,1H3,(H2,21,24). The highest BCUT2D eigenvalue weighted by Gasteiger charge is 2.32. The Hall–Kier alpha value is -2.21. The Morgan fingerprint density at radius 2 is 2.08 bits per heavy atom. The van der Waals surface area contributed by atoms with Crippen LogP contribution in [0.2, 0.25) is 0 Å². The Bertz CT molecular complexity index is 644. The van der Waals surface area contributed by atoms with E-state index >= 15 is 0 Å². The highest BCUT2D eigenvalue weighted by atomic mass is 19.1. The number of carbonyl (C=O) groups excluding carboxylic acids is 1. The van der Waals surface area contributed by atoms with E-state index in [4.69, 9.17) is 10.2 Å². The molecule has 25 heavy (non-hydrogen) atoms. The number of nitrogens with two attached hydrogens (primary N) is 1. The largest absolute Gasteiger partial charge is 0.449 e. The van der Waals surface area contributed by atoms with Gasteiger partial charge in [0.2, 0.25) is 0 Å². The van der Waals surface area contributed by atoms with Crippen LogP contribution in [0.1, 0.15) is 50.0 Å². The molecule has 0 aliphatic rings. The second-order valence-corrected chi connectivity index (χ2v) is 6.58. The third kappa shape index (κ3) is 5.98. The summed E-state index contributed by atoms with van der Waals surface area (Å²) < 4.78 is 19.5. The number of nitrogens with zero attached hydrogens (tertiary/aromatic N) is 1. The van der Waals surface area contributed by atoms with E-state index in [2.05, 4.69) is 4.98 Å². The van der Waals surface area contributed by atoms with E-state index in [-0.39, 0.29) is 12.3 Å². The van der Waals surface area contributed by atoms with E-state index in [1.54, 1.807) is 0 Å². The Kier molecular flexibility index (Phi) is 6.70. The van der Waals surface area contributed by atoms with Gasteiger partial charge in [-0.25, -0.2) is 9.37 Å². The lowest BCUT2D eigenvalue weighted by Crippen LogP contribution is -2.37. The monoisotopic (exact) mass is 348 g/mol. The minimum Gasteiger partial charge on any atom is -0.449 e. The molecule has 3 atom stereocenters. The maximum absolute atomic E-state index is 14.1. The molecule has 6 heteroatoms. The van der Waals surface area contributed by atoms with Crippen molar-refractivity contribution >= 4 is 5.91 Å². The van der Waals surface area contributed by atoms with Crippen LogP contribution >= 0.6 is 0 Å². The summed E-state index contributed by atoms with van der Waals surface area (Å²) in [7, 11) is 0. The van der Waals surface area contributed by atoms with Gasteiger partial charge in [-0.2, -0.15) is 0 Å². The molecule has 0 aliphatic heterocycles. The number of hydrogen-bond acceptors (Lipinski definition) is 4. The van der Waals surface area contributed by atoms with Crippen molar-refractivity contribution in [2.24, 2.45) is 5.73 Å². The van der Waals surface area contributed by atoms with E-state index in [1.807, 2.05) is 30.3 Å². The molecule has 136 valence electrons. The smallest absolute Gasteiger partial charge is 0.254 e. The fraction of sp³-hybridized carbons (Fsp3) is 0.474. The molecule has 0 fully saturated rings. The Labute approximate surface area is 147 Å². The fourth-order valence-electron chi connectivity index (χ4n) is 2.77. The van der Waals surface area contributed by atoms with Crippen LogP contribution in [-0.4, -0.2) is 27.8 Å². The van der Waals surface area contributed by atoms with Gasteiger partial charge in [0.1, 0.15) is 6.26 Å². The van der Waals surface area contributed by atoms with Gasteiger partial charge in [0, 0.05) is 5.92 Å². The summed E-state index contributed by atoms with van der Waals surface area (Å²) in [6, 6.07) is 9.90. The van der Waals surface area contributed by atoms with Crippen LogP contribution in [-0.2, 0) is 11.2 Å². The first-order valence-corrected chi connectivity index (χ1v) is 8.48. The van der Waals surface area contributed by atoms with E-state index in [0.29, 0.717) is 25.2 Å². The summed E-state index contributed by atoms with van der Waals surface area (Å²) in [4.78, 5) is 15.3. The fourth-order valence-corrected chi connectivity index (χ4v) is 2.77. The summed E-state index contributed by atoms with van der Waals surface area (Å²) in [5.74, 6) is -0.808. The summed E-state index contributed by atoms with van der Waals surface area (Å²) >= 11 is 0. The average Bonchev–Trinajstić information content (AvgIpc) is 3.12. The van der Waals surface area contributed by atoms with Crippen molar-refractivity contribution in [3.63, 3.8) is 0 Å². The number of hydrogen-bond donors (Lipinski definition) is 2. The first kappa shape index (κ1) is 19.1. The molecule has 1 aromatic heterocycles. The lowest BCUT2D eigenvalue weighted by atomic mass is 9.89. The number of alkyl halides is 1. The number of oxazole rings is 1. The molecule has 3 unspecified atom stereocenters. The SMILES string of the molecule is CC(F)(CCC(CC(O)CCc1ccccc1)c1ncco1)C(N)=O. The van der Waals surface area contributed by atoms with Gasteiger partial charge in [-0.3, -0.25) is 4.79 Å². The van der Waals surface area contributed by atoms with Crippen molar-refractivity contribution in [2.45, 2.75) is 56.7 Å². The summed E-state index contributed by atoms with van der Waals surface area (Å²) in [5, 5.41) is 10.4. The molecular weight excluding hydrogens is 323 g/mol. The summed E-state index contributed by atoms with van der Waals surface area (Å²) in [6.07, 6.45) is 4.40. The number of aryl methyl sites for hydroxylation is 1. The van der Waals surface area contributed by atoms with Gasteiger partial charge in [0.25, 0.3) is 5.91 Å². The van der Waals surface area contributed by atoms with Crippen LogP contribution in [0, 0.1) is 0 Å². The Morgan fingerprint density at radius 1 is 1.36 bits per heavy atom. The normalized spacial score (nSPS) is 16.1. The highest BCUT2D eigenvalue weighted by molar-refractivity contribution is 5.82. The third-order valence-electron chi connectivity index (χ3n) is 4.44. The molecule has 1 aromatic carbocycles. The predicted molar refractivity (Wildman–Crippen MR) is 92.6 cm³/mol. The van der Waals surface area contributed by atoms with Gasteiger partial charge in [-0.05, 0) is 44.6 Å². The van der Waals surface area contributed by atoms with Gasteiger partial charge in [-0.15, -0.1) is 0 Å². The van der Waals surface area contributed by atoms with Crippen molar-refractivity contribution in [3.8, 4) is 0 Å². The first-order valence-electron chi connectivity index (χ1n) is 8.48. The van der Waals surface area contributed by atoms with Crippen LogP contribution in [0.15, 0.2) is 47.2 Å². The topological polar surface area (TPSA) is 89.3 Å². The second-order valence-electron chi connectivity index (χ2n) is 6.58. The summed E-state index contributed by atoms with van der Waals surface area (Å²) in [5.41, 5.74) is 4.15. The van der Waals surface area contributed by atoms with Crippen LogP contribution in [0.3, 0.4) is 0 Å². The van der Waals surface area contributed by atoms with Crippen molar-refractivity contribution in [2.75, 3.05) is 0 Å². The van der Waals surface area contributed by atoms with Crippen molar-refractivity contribution in [1.29, 1.82) is 0 Å². The lowest BCUT2D eigenvalue weighted by Gasteiger charge is -2.21. The Balaban J connectivity index is 1.93. The Morgan fingerprint density at radius 3 is 2.68 bits per heavy atom. The molecule has 5 nitrogen and oxygen atoms in total. The number of halogens is 1. The van der Waals surface area contributed by atoms with Crippen LogP contribution in [0.5, 0.6) is 0 Å². The maximum Gasteiger partial charge on any atom is 0.254 e. The molecule has 3 N–H and O–H groups in total. The first-order chi connectivity index (χ1) is 11.9. The van der Waals surface area contributed by atoms with Crippen LogP contribution in [0.4, 0.5) is 4.39 Å². The third-order valence-corrected chi connectivity index (χ3v) is 4.44. The van der Waals surface area contributed by atoms with E-state index in [1.165, 1.54) is 19.4 Å². The molecule has 0 bridgehead atoms. The molecule has 1 heterocycles. The minimum atomic E-state index is -2.08. The van der Waals surface area contributed by atoms with E-state index < -0.39 is 17.7 Å². The van der Waals surface area contributed by atoms with Crippen LogP contribution in [0.25, 0.3) is 0 Å². The zero-order valence-electron chi connectivity index (χ0n) is 14.4. The van der Waals surface area contributed by atoms with Gasteiger partial charge in [0.05, 0.1) is 12.3 Å². The van der Waals surface area contributed by atoms with Gasteiger partial charge >= 0.3 is 0 Å². The minimum absolute atomic E-state index is 0.0409. The number of rotatable bonds is 10. The van der Waals surface area contributed by atoms with E-state index in [9.17, 15) is 14.3 Å². The molecule has 0 saturated carbocycles. The number of aliphatic hydroxyl groups excluding tert-OH is 1. The van der Waals surface area contributed by atoms with Gasteiger partial charge in [-0.1, -0.05) is 30.3 Å². The molecule has 0 aliphatic carbocycles.